The number of benzene rings is 1. The van der Waals surface area contributed by atoms with Gasteiger partial charge in [0, 0.05) is 0 Å². The van der Waals surface area contributed by atoms with Gasteiger partial charge in [-0.25, -0.2) is 4.79 Å². The standard InChI is InChI=1S/C18H20O6/c1-4-10-20-17-15-14(23-18(2,3)24-15)13(22-17)11-21-16(19)12-8-6-5-7-9-12/h1,5-9,13-15,17H,10-11H2,2-3H3/t13-,14-,15-,17-/m1/s1. The average Bonchev–Trinajstić information content (AvgIpc) is 3.05. The highest BCUT2D eigenvalue weighted by atomic mass is 16.8. The molecule has 0 aromatic heterocycles. The van der Waals surface area contributed by atoms with Crippen LogP contribution in [0.25, 0.3) is 0 Å². The Morgan fingerprint density at radius 2 is 1.96 bits per heavy atom. The van der Waals surface area contributed by atoms with Crippen molar-refractivity contribution in [2.24, 2.45) is 0 Å². The first-order valence-corrected chi connectivity index (χ1v) is 7.78. The van der Waals surface area contributed by atoms with E-state index in [1.54, 1.807) is 24.3 Å². The van der Waals surface area contributed by atoms with E-state index in [0.717, 1.165) is 0 Å². The molecule has 0 amide bonds. The minimum absolute atomic E-state index is 0.0459. The molecule has 0 radical (unpaired) electrons. The summed E-state index contributed by atoms with van der Waals surface area (Å²) in [4.78, 5) is 12.1. The van der Waals surface area contributed by atoms with Gasteiger partial charge in [-0.05, 0) is 26.0 Å². The van der Waals surface area contributed by atoms with Crippen molar-refractivity contribution in [3.8, 4) is 12.3 Å². The van der Waals surface area contributed by atoms with Gasteiger partial charge in [-0.2, -0.15) is 0 Å². The fourth-order valence-electron chi connectivity index (χ4n) is 2.86. The number of esters is 1. The molecule has 0 aliphatic carbocycles. The van der Waals surface area contributed by atoms with Gasteiger partial charge in [-0.1, -0.05) is 24.1 Å². The SMILES string of the molecule is C#CCO[C@@H]1O[C@H](COC(=O)c2ccccc2)[C@H]2OC(C)(C)O[C@@H]12. The van der Waals surface area contributed by atoms with Gasteiger partial charge in [0.15, 0.2) is 12.1 Å². The van der Waals surface area contributed by atoms with Crippen molar-refractivity contribution in [3.63, 3.8) is 0 Å². The van der Waals surface area contributed by atoms with Gasteiger partial charge < -0.3 is 23.7 Å². The third kappa shape index (κ3) is 3.60. The molecule has 1 aromatic rings. The quantitative estimate of drug-likeness (QED) is 0.604. The summed E-state index contributed by atoms with van der Waals surface area (Å²) in [5.41, 5.74) is 0.482. The Kier molecular flexibility index (Phi) is 4.88. The van der Waals surface area contributed by atoms with Gasteiger partial charge in [0.05, 0.1) is 5.56 Å². The molecule has 2 heterocycles. The highest BCUT2D eigenvalue weighted by Crippen LogP contribution is 2.39. The smallest absolute Gasteiger partial charge is 0.338 e. The van der Waals surface area contributed by atoms with E-state index in [4.69, 9.17) is 30.1 Å². The Morgan fingerprint density at radius 1 is 1.25 bits per heavy atom. The van der Waals surface area contributed by atoms with Crippen LogP contribution in [0.4, 0.5) is 0 Å². The molecule has 2 fully saturated rings. The van der Waals surface area contributed by atoms with E-state index in [1.165, 1.54) is 0 Å². The number of rotatable bonds is 5. The van der Waals surface area contributed by atoms with Gasteiger partial charge in [0.25, 0.3) is 0 Å². The van der Waals surface area contributed by atoms with E-state index < -0.39 is 30.3 Å². The number of ether oxygens (including phenoxy) is 5. The molecule has 3 rings (SSSR count). The van der Waals surface area contributed by atoms with Gasteiger partial charge in [0.1, 0.15) is 31.5 Å². The molecule has 0 spiro atoms. The summed E-state index contributed by atoms with van der Waals surface area (Å²) in [5, 5.41) is 0. The van der Waals surface area contributed by atoms with Crippen molar-refractivity contribution in [1.82, 2.24) is 0 Å². The molecule has 128 valence electrons. The third-order valence-electron chi connectivity index (χ3n) is 3.83. The highest BCUT2D eigenvalue weighted by molar-refractivity contribution is 5.89. The number of fused-ring (bicyclic) bond motifs is 1. The van der Waals surface area contributed by atoms with Crippen LogP contribution in [0.3, 0.4) is 0 Å². The van der Waals surface area contributed by atoms with Gasteiger partial charge in [-0.15, -0.1) is 6.42 Å². The van der Waals surface area contributed by atoms with Crippen molar-refractivity contribution in [3.05, 3.63) is 35.9 Å². The fourth-order valence-corrected chi connectivity index (χ4v) is 2.86. The molecule has 0 unspecified atom stereocenters. The first kappa shape index (κ1) is 16.9. The van der Waals surface area contributed by atoms with Crippen molar-refractivity contribution in [2.45, 2.75) is 44.2 Å². The van der Waals surface area contributed by atoms with E-state index in [2.05, 4.69) is 5.92 Å². The maximum Gasteiger partial charge on any atom is 0.338 e. The predicted octanol–water partition coefficient (Wildman–Crippen LogP) is 1.74. The first-order valence-electron chi connectivity index (χ1n) is 7.78. The third-order valence-corrected chi connectivity index (χ3v) is 3.83. The zero-order chi connectivity index (χ0) is 17.2. The first-order chi connectivity index (χ1) is 11.5. The summed E-state index contributed by atoms with van der Waals surface area (Å²) in [6.07, 6.45) is 3.31. The largest absolute Gasteiger partial charge is 0.459 e. The molecule has 1 aromatic carbocycles. The van der Waals surface area contributed by atoms with Crippen molar-refractivity contribution in [2.75, 3.05) is 13.2 Å². The van der Waals surface area contributed by atoms with Crippen LogP contribution in [0.1, 0.15) is 24.2 Å². The normalized spacial score (nSPS) is 30.5. The Bertz CT molecular complexity index is 620. The van der Waals surface area contributed by atoms with Crippen LogP contribution >= 0.6 is 0 Å². The molecule has 6 heteroatoms. The molecular formula is C18H20O6. The summed E-state index contributed by atoms with van der Waals surface area (Å²) in [7, 11) is 0. The predicted molar refractivity (Wildman–Crippen MR) is 84.0 cm³/mol. The van der Waals surface area contributed by atoms with Crippen molar-refractivity contribution in [1.29, 1.82) is 0 Å². The maximum atomic E-state index is 12.1. The zero-order valence-electron chi connectivity index (χ0n) is 13.6. The number of hydrogen-bond acceptors (Lipinski definition) is 6. The molecule has 0 N–H and O–H groups in total. The van der Waals surface area contributed by atoms with Gasteiger partial charge >= 0.3 is 5.97 Å². The summed E-state index contributed by atoms with van der Waals surface area (Å²) in [6, 6.07) is 8.77. The number of carbonyl (C=O) groups excluding carboxylic acids is 1. The van der Waals surface area contributed by atoms with Crippen LogP contribution in [-0.4, -0.2) is 49.6 Å². The lowest BCUT2D eigenvalue weighted by molar-refractivity contribution is -0.233. The van der Waals surface area contributed by atoms with E-state index >= 15 is 0 Å². The second-order valence-electron chi connectivity index (χ2n) is 6.09. The summed E-state index contributed by atoms with van der Waals surface area (Å²) >= 11 is 0. The van der Waals surface area contributed by atoms with E-state index in [0.29, 0.717) is 5.56 Å². The lowest BCUT2D eigenvalue weighted by Crippen LogP contribution is -2.33. The van der Waals surface area contributed by atoms with Crippen molar-refractivity contribution >= 4 is 5.97 Å². The monoisotopic (exact) mass is 332 g/mol. The van der Waals surface area contributed by atoms with E-state index in [1.807, 2.05) is 19.9 Å². The Hall–Kier alpha value is -1.91. The molecule has 2 aliphatic heterocycles. The van der Waals surface area contributed by atoms with Crippen LogP contribution < -0.4 is 0 Å². The molecular weight excluding hydrogens is 312 g/mol. The van der Waals surface area contributed by atoms with Crippen LogP contribution in [0.15, 0.2) is 30.3 Å². The van der Waals surface area contributed by atoms with Gasteiger partial charge in [-0.3, -0.25) is 0 Å². The Balaban J connectivity index is 1.63. The molecule has 24 heavy (non-hydrogen) atoms. The topological polar surface area (TPSA) is 63.2 Å². The average molecular weight is 332 g/mol. The lowest BCUT2D eigenvalue weighted by Gasteiger charge is -2.23. The molecule has 2 saturated heterocycles. The van der Waals surface area contributed by atoms with Crippen molar-refractivity contribution < 1.29 is 28.5 Å². The summed E-state index contributed by atoms with van der Waals surface area (Å²) in [5.74, 6) is 1.23. The van der Waals surface area contributed by atoms with E-state index in [9.17, 15) is 4.79 Å². The molecule has 4 atom stereocenters. The number of terminal acetylenes is 1. The fraction of sp³-hybridized carbons (Fsp3) is 0.500. The van der Waals surface area contributed by atoms with Crippen LogP contribution in [0.5, 0.6) is 0 Å². The number of carbonyl (C=O) groups is 1. The van der Waals surface area contributed by atoms with Crippen LogP contribution in [-0.2, 0) is 23.7 Å². The molecule has 0 bridgehead atoms. The maximum absolute atomic E-state index is 12.1. The second kappa shape index (κ2) is 6.91. The molecule has 6 nitrogen and oxygen atoms in total. The van der Waals surface area contributed by atoms with Crippen LogP contribution in [0.2, 0.25) is 0 Å². The highest BCUT2D eigenvalue weighted by Gasteiger charge is 2.56. The molecule has 0 saturated carbocycles. The Labute approximate surface area is 141 Å². The Morgan fingerprint density at radius 3 is 2.67 bits per heavy atom. The van der Waals surface area contributed by atoms with E-state index in [-0.39, 0.29) is 19.3 Å². The minimum Gasteiger partial charge on any atom is -0.459 e. The minimum atomic E-state index is -0.751. The summed E-state index contributed by atoms with van der Waals surface area (Å²) < 4.78 is 28.3. The lowest BCUT2D eigenvalue weighted by atomic mass is 10.1. The van der Waals surface area contributed by atoms with Crippen LogP contribution in [0, 0.1) is 12.3 Å². The second-order valence-corrected chi connectivity index (χ2v) is 6.09. The summed E-state index contributed by atoms with van der Waals surface area (Å²) in [6.45, 7) is 3.78. The molecule has 2 aliphatic rings. The zero-order valence-corrected chi connectivity index (χ0v) is 13.6. The van der Waals surface area contributed by atoms with Gasteiger partial charge in [0.2, 0.25) is 0 Å². The number of hydrogen-bond donors (Lipinski definition) is 0.